The molecule has 1 aromatic carbocycles. The number of rotatable bonds is 3. The third kappa shape index (κ3) is 2.54. The van der Waals surface area contributed by atoms with E-state index in [1.54, 1.807) is 0 Å². The summed E-state index contributed by atoms with van der Waals surface area (Å²) in [5.41, 5.74) is 2.32. The van der Waals surface area contributed by atoms with Gasteiger partial charge in [-0.05, 0) is 17.7 Å². The summed E-state index contributed by atoms with van der Waals surface area (Å²) in [4.78, 5) is 0. The fourth-order valence-electron chi connectivity index (χ4n) is 1.02. The Morgan fingerprint density at radius 3 is 2.29 bits per heavy atom. The molecular formula is C8H8Cl2F2N2. The zero-order valence-electron chi connectivity index (χ0n) is 6.98. The van der Waals surface area contributed by atoms with Crippen LogP contribution in [0.3, 0.4) is 0 Å². The molecule has 14 heavy (non-hydrogen) atoms. The molecule has 0 amide bonds. The van der Waals surface area contributed by atoms with Crippen LogP contribution < -0.4 is 11.3 Å². The van der Waals surface area contributed by atoms with Gasteiger partial charge in [-0.25, -0.2) is 14.2 Å². The van der Waals surface area contributed by atoms with Crippen molar-refractivity contribution in [3.8, 4) is 0 Å². The maximum Gasteiger partial charge on any atom is 0.259 e. The van der Waals surface area contributed by atoms with Crippen LogP contribution in [0.5, 0.6) is 0 Å². The molecule has 0 heterocycles. The Balaban J connectivity index is 3.00. The van der Waals surface area contributed by atoms with Gasteiger partial charge in [0.2, 0.25) is 0 Å². The Morgan fingerprint density at radius 2 is 1.86 bits per heavy atom. The molecule has 0 saturated heterocycles. The molecule has 0 fully saturated rings. The fraction of sp³-hybridized carbons (Fsp3) is 0.250. The Kier molecular flexibility index (Phi) is 4.07. The van der Waals surface area contributed by atoms with Gasteiger partial charge in [0.05, 0.1) is 10.0 Å². The van der Waals surface area contributed by atoms with Gasteiger partial charge < -0.3 is 0 Å². The van der Waals surface area contributed by atoms with Gasteiger partial charge in [0, 0.05) is 0 Å². The molecule has 0 aromatic heterocycles. The summed E-state index contributed by atoms with van der Waals surface area (Å²) >= 11 is 11.3. The first-order valence-corrected chi connectivity index (χ1v) is 4.51. The summed E-state index contributed by atoms with van der Waals surface area (Å²) in [5.74, 6) is 4.99. The molecule has 0 radical (unpaired) electrons. The van der Waals surface area contributed by atoms with E-state index in [9.17, 15) is 8.78 Å². The number of hydrogen-bond donors (Lipinski definition) is 2. The average molecular weight is 241 g/mol. The van der Waals surface area contributed by atoms with Gasteiger partial charge in [0.15, 0.2) is 0 Å². The quantitative estimate of drug-likeness (QED) is 0.630. The van der Waals surface area contributed by atoms with Crippen molar-refractivity contribution in [2.75, 3.05) is 0 Å². The first kappa shape index (κ1) is 11.7. The normalized spacial score (nSPS) is 13.3. The second-order valence-corrected chi connectivity index (χ2v) is 3.47. The first-order valence-electron chi connectivity index (χ1n) is 3.75. The van der Waals surface area contributed by atoms with E-state index in [0.29, 0.717) is 10.6 Å². The van der Waals surface area contributed by atoms with Crippen LogP contribution in [0, 0.1) is 0 Å². The Bertz CT molecular complexity index is 320. The average Bonchev–Trinajstić information content (AvgIpc) is 2.11. The van der Waals surface area contributed by atoms with Crippen LogP contribution in [0.15, 0.2) is 18.2 Å². The van der Waals surface area contributed by atoms with Crippen molar-refractivity contribution in [3.63, 3.8) is 0 Å². The number of benzene rings is 1. The molecule has 1 unspecified atom stereocenters. The molecule has 1 atom stereocenters. The van der Waals surface area contributed by atoms with Gasteiger partial charge in [-0.3, -0.25) is 5.84 Å². The topological polar surface area (TPSA) is 38.0 Å². The van der Waals surface area contributed by atoms with Crippen LogP contribution in [0.25, 0.3) is 0 Å². The van der Waals surface area contributed by atoms with Crippen molar-refractivity contribution >= 4 is 23.2 Å². The van der Waals surface area contributed by atoms with Crippen LogP contribution in [0.1, 0.15) is 11.6 Å². The van der Waals surface area contributed by atoms with E-state index >= 15 is 0 Å². The minimum Gasteiger partial charge on any atom is -0.271 e. The maximum absolute atomic E-state index is 12.4. The zero-order chi connectivity index (χ0) is 10.7. The Hall–Kier alpha value is -0.420. The molecular weight excluding hydrogens is 233 g/mol. The van der Waals surface area contributed by atoms with Gasteiger partial charge >= 0.3 is 0 Å². The minimum atomic E-state index is -2.60. The standard InChI is InChI=1S/C8H8Cl2F2N2/c9-5-2-1-4(3-6(5)10)7(14-13)8(11)12/h1-3,7-8,14H,13H2. The number of nitrogens with two attached hydrogens (primary N) is 1. The molecule has 6 heteroatoms. The second kappa shape index (κ2) is 4.89. The minimum absolute atomic E-state index is 0.227. The van der Waals surface area contributed by atoms with Crippen molar-refractivity contribution in [1.29, 1.82) is 0 Å². The largest absolute Gasteiger partial charge is 0.271 e. The highest BCUT2D eigenvalue weighted by Gasteiger charge is 2.21. The number of hydrogen-bond acceptors (Lipinski definition) is 2. The highest BCUT2D eigenvalue weighted by molar-refractivity contribution is 6.42. The Labute approximate surface area is 90.0 Å². The summed E-state index contributed by atoms with van der Waals surface area (Å²) < 4.78 is 24.8. The van der Waals surface area contributed by atoms with Crippen molar-refractivity contribution < 1.29 is 8.78 Å². The molecule has 2 nitrogen and oxygen atoms in total. The summed E-state index contributed by atoms with van der Waals surface area (Å²) in [6.45, 7) is 0. The Morgan fingerprint density at radius 1 is 1.21 bits per heavy atom. The summed E-state index contributed by atoms with van der Waals surface area (Å²) in [5, 5.41) is 0.547. The van der Waals surface area contributed by atoms with Gasteiger partial charge in [0.1, 0.15) is 6.04 Å². The van der Waals surface area contributed by atoms with Crippen LogP contribution >= 0.6 is 23.2 Å². The number of hydrazine groups is 1. The number of nitrogens with one attached hydrogen (secondary N) is 1. The van der Waals surface area contributed by atoms with Crippen LogP contribution in [0.4, 0.5) is 8.78 Å². The van der Waals surface area contributed by atoms with E-state index < -0.39 is 12.5 Å². The van der Waals surface area contributed by atoms with Gasteiger partial charge in [-0.2, -0.15) is 0 Å². The van der Waals surface area contributed by atoms with E-state index in [1.807, 2.05) is 5.43 Å². The molecule has 78 valence electrons. The second-order valence-electron chi connectivity index (χ2n) is 2.65. The van der Waals surface area contributed by atoms with Gasteiger partial charge in [-0.1, -0.05) is 29.3 Å². The lowest BCUT2D eigenvalue weighted by Crippen LogP contribution is -2.32. The van der Waals surface area contributed by atoms with Crippen molar-refractivity contribution in [2.45, 2.75) is 12.5 Å². The van der Waals surface area contributed by atoms with Crippen molar-refractivity contribution in [2.24, 2.45) is 5.84 Å². The predicted octanol–water partition coefficient (Wildman–Crippen LogP) is 2.76. The molecule has 0 aliphatic heterocycles. The molecule has 1 rings (SSSR count). The predicted molar refractivity (Wildman–Crippen MR) is 52.5 cm³/mol. The third-order valence-corrected chi connectivity index (χ3v) is 2.47. The van der Waals surface area contributed by atoms with E-state index in [0.717, 1.165) is 0 Å². The lowest BCUT2D eigenvalue weighted by atomic mass is 10.1. The van der Waals surface area contributed by atoms with Crippen molar-refractivity contribution in [1.82, 2.24) is 5.43 Å². The monoisotopic (exact) mass is 240 g/mol. The SMILES string of the molecule is NNC(c1ccc(Cl)c(Cl)c1)C(F)F. The molecule has 0 bridgehead atoms. The number of halogens is 4. The zero-order valence-corrected chi connectivity index (χ0v) is 8.49. The lowest BCUT2D eigenvalue weighted by molar-refractivity contribution is 0.0986. The van der Waals surface area contributed by atoms with Crippen LogP contribution in [-0.4, -0.2) is 6.43 Å². The maximum atomic E-state index is 12.4. The van der Waals surface area contributed by atoms with Gasteiger partial charge in [0.25, 0.3) is 6.43 Å². The lowest BCUT2D eigenvalue weighted by Gasteiger charge is -2.15. The highest BCUT2D eigenvalue weighted by Crippen LogP contribution is 2.27. The molecule has 3 N–H and O–H groups in total. The fourth-order valence-corrected chi connectivity index (χ4v) is 1.33. The molecule has 1 aromatic rings. The smallest absolute Gasteiger partial charge is 0.259 e. The summed E-state index contributed by atoms with van der Waals surface area (Å²) in [6, 6.07) is 3.03. The van der Waals surface area contributed by atoms with Crippen molar-refractivity contribution in [3.05, 3.63) is 33.8 Å². The van der Waals surface area contributed by atoms with E-state index in [1.165, 1.54) is 18.2 Å². The molecule has 0 aliphatic rings. The number of alkyl halides is 2. The summed E-state index contributed by atoms with van der Waals surface area (Å²) in [7, 11) is 0. The van der Waals surface area contributed by atoms with E-state index in [4.69, 9.17) is 29.0 Å². The first-order chi connectivity index (χ1) is 6.56. The molecule has 0 spiro atoms. The van der Waals surface area contributed by atoms with E-state index in [-0.39, 0.29) is 5.02 Å². The third-order valence-electron chi connectivity index (χ3n) is 1.73. The van der Waals surface area contributed by atoms with Crippen LogP contribution in [-0.2, 0) is 0 Å². The highest BCUT2D eigenvalue weighted by atomic mass is 35.5. The van der Waals surface area contributed by atoms with Gasteiger partial charge in [-0.15, -0.1) is 0 Å². The molecule has 0 aliphatic carbocycles. The molecule has 0 saturated carbocycles. The van der Waals surface area contributed by atoms with E-state index in [2.05, 4.69) is 0 Å². The summed E-state index contributed by atoms with van der Waals surface area (Å²) in [6.07, 6.45) is -2.60. The van der Waals surface area contributed by atoms with Crippen LogP contribution in [0.2, 0.25) is 10.0 Å².